The smallest absolute Gasteiger partial charge is 0.0543 e. The summed E-state index contributed by atoms with van der Waals surface area (Å²) in [7, 11) is 0. The van der Waals surface area contributed by atoms with Crippen LogP contribution in [-0.2, 0) is 4.74 Å². The summed E-state index contributed by atoms with van der Waals surface area (Å²) in [6.07, 6.45) is 4.26. The van der Waals surface area contributed by atoms with Gasteiger partial charge in [-0.3, -0.25) is 0 Å². The molecule has 0 aliphatic heterocycles. The van der Waals surface area contributed by atoms with E-state index in [1.165, 1.54) is 6.42 Å². The van der Waals surface area contributed by atoms with Gasteiger partial charge in [0.15, 0.2) is 0 Å². The fourth-order valence-electron chi connectivity index (χ4n) is 1.88. The average molecular weight is 186 g/mol. The van der Waals surface area contributed by atoms with Crippen LogP contribution in [0.5, 0.6) is 0 Å². The molecule has 0 saturated heterocycles. The molecule has 2 atom stereocenters. The zero-order valence-electron chi connectivity index (χ0n) is 8.83. The number of hydrogen-bond acceptors (Lipinski definition) is 2. The Morgan fingerprint density at radius 2 is 2.15 bits per heavy atom. The fraction of sp³-hybridized carbons (Fsp3) is 1.00. The number of ether oxygens (including phenoxy) is 1. The number of aliphatic hydroxyl groups excluding tert-OH is 1. The van der Waals surface area contributed by atoms with Crippen LogP contribution in [0.25, 0.3) is 0 Å². The van der Waals surface area contributed by atoms with Crippen LogP contribution in [-0.4, -0.2) is 24.4 Å². The molecule has 2 heteroatoms. The molecule has 13 heavy (non-hydrogen) atoms. The molecule has 0 aromatic rings. The summed E-state index contributed by atoms with van der Waals surface area (Å²) < 4.78 is 5.57. The third-order valence-corrected chi connectivity index (χ3v) is 2.56. The van der Waals surface area contributed by atoms with E-state index in [2.05, 4.69) is 13.8 Å². The molecule has 1 aliphatic carbocycles. The quantitative estimate of drug-likeness (QED) is 0.729. The first-order valence-electron chi connectivity index (χ1n) is 5.44. The van der Waals surface area contributed by atoms with Crippen molar-refractivity contribution in [1.29, 1.82) is 0 Å². The Hall–Kier alpha value is -0.0800. The van der Waals surface area contributed by atoms with Gasteiger partial charge in [0.1, 0.15) is 0 Å². The van der Waals surface area contributed by atoms with Gasteiger partial charge in [0, 0.05) is 13.2 Å². The minimum Gasteiger partial charge on any atom is -0.393 e. The normalized spacial score (nSPS) is 29.5. The second-order valence-corrected chi connectivity index (χ2v) is 4.62. The maximum Gasteiger partial charge on any atom is 0.0543 e. The van der Waals surface area contributed by atoms with Gasteiger partial charge in [-0.05, 0) is 31.1 Å². The van der Waals surface area contributed by atoms with E-state index >= 15 is 0 Å². The maximum absolute atomic E-state index is 9.43. The highest BCUT2D eigenvalue weighted by Crippen LogP contribution is 2.24. The molecule has 0 amide bonds. The summed E-state index contributed by atoms with van der Waals surface area (Å²) in [6.45, 7) is 6.02. The summed E-state index contributed by atoms with van der Waals surface area (Å²) >= 11 is 0. The minimum absolute atomic E-state index is 0.0681. The molecule has 0 heterocycles. The minimum atomic E-state index is -0.0681. The van der Waals surface area contributed by atoms with Gasteiger partial charge in [0.05, 0.1) is 6.10 Å². The van der Waals surface area contributed by atoms with Gasteiger partial charge in [-0.25, -0.2) is 0 Å². The van der Waals surface area contributed by atoms with E-state index in [1.54, 1.807) is 0 Å². The monoisotopic (exact) mass is 186 g/mol. The van der Waals surface area contributed by atoms with Gasteiger partial charge < -0.3 is 9.84 Å². The van der Waals surface area contributed by atoms with Crippen LogP contribution in [0.15, 0.2) is 0 Å². The fourth-order valence-corrected chi connectivity index (χ4v) is 1.88. The largest absolute Gasteiger partial charge is 0.393 e. The molecule has 2 nitrogen and oxygen atoms in total. The molecule has 0 aromatic heterocycles. The lowest BCUT2D eigenvalue weighted by molar-refractivity contribution is 0.0325. The van der Waals surface area contributed by atoms with Crippen LogP contribution in [0, 0.1) is 11.8 Å². The molecule has 0 bridgehead atoms. The summed E-state index contributed by atoms with van der Waals surface area (Å²) in [5.74, 6) is 1.22. The van der Waals surface area contributed by atoms with Gasteiger partial charge in [-0.2, -0.15) is 0 Å². The number of rotatable bonds is 4. The second kappa shape index (κ2) is 5.61. The van der Waals surface area contributed by atoms with Crippen LogP contribution in [0.4, 0.5) is 0 Å². The first kappa shape index (κ1) is 11.0. The molecule has 78 valence electrons. The molecule has 1 saturated carbocycles. The van der Waals surface area contributed by atoms with Gasteiger partial charge in [0.2, 0.25) is 0 Å². The molecule has 2 unspecified atom stereocenters. The molecule has 0 aromatic carbocycles. The van der Waals surface area contributed by atoms with E-state index in [1.807, 2.05) is 0 Å². The van der Waals surface area contributed by atoms with Crippen molar-refractivity contribution >= 4 is 0 Å². The Labute approximate surface area is 81.3 Å². The summed E-state index contributed by atoms with van der Waals surface area (Å²) in [6, 6.07) is 0. The van der Waals surface area contributed by atoms with E-state index in [-0.39, 0.29) is 6.10 Å². The standard InChI is InChI=1S/C11H22O2/c1-9(2)7-13-8-10-4-3-5-11(12)6-10/h9-12H,3-8H2,1-2H3. The van der Waals surface area contributed by atoms with Crippen LogP contribution >= 0.6 is 0 Å². The third-order valence-electron chi connectivity index (χ3n) is 2.56. The lowest BCUT2D eigenvalue weighted by Crippen LogP contribution is -2.23. The highest BCUT2D eigenvalue weighted by Gasteiger charge is 2.19. The topological polar surface area (TPSA) is 29.5 Å². The molecule has 0 radical (unpaired) electrons. The second-order valence-electron chi connectivity index (χ2n) is 4.62. The lowest BCUT2D eigenvalue weighted by atomic mass is 9.88. The predicted molar refractivity (Wildman–Crippen MR) is 53.6 cm³/mol. The summed E-state index contributed by atoms with van der Waals surface area (Å²) in [5.41, 5.74) is 0. The highest BCUT2D eigenvalue weighted by molar-refractivity contribution is 4.71. The molecular formula is C11H22O2. The van der Waals surface area contributed by atoms with Crippen LogP contribution < -0.4 is 0 Å². The molecular weight excluding hydrogens is 164 g/mol. The SMILES string of the molecule is CC(C)COCC1CCCC(O)C1. The number of hydrogen-bond donors (Lipinski definition) is 1. The van der Waals surface area contributed by atoms with Gasteiger partial charge >= 0.3 is 0 Å². The first-order chi connectivity index (χ1) is 6.18. The van der Waals surface area contributed by atoms with E-state index in [4.69, 9.17) is 4.74 Å². The van der Waals surface area contributed by atoms with Crippen molar-refractivity contribution in [2.75, 3.05) is 13.2 Å². The summed E-state index contributed by atoms with van der Waals surface area (Å²) in [4.78, 5) is 0. The van der Waals surface area contributed by atoms with E-state index < -0.39 is 0 Å². The third kappa shape index (κ3) is 4.63. The van der Waals surface area contributed by atoms with E-state index in [9.17, 15) is 5.11 Å². The van der Waals surface area contributed by atoms with Crippen molar-refractivity contribution in [3.8, 4) is 0 Å². The first-order valence-corrected chi connectivity index (χ1v) is 5.44. The molecule has 1 N–H and O–H groups in total. The maximum atomic E-state index is 9.43. The molecule has 1 aliphatic rings. The molecule has 0 spiro atoms. The van der Waals surface area contributed by atoms with Crippen LogP contribution in [0.3, 0.4) is 0 Å². The summed E-state index contributed by atoms with van der Waals surface area (Å²) in [5, 5.41) is 9.43. The lowest BCUT2D eigenvalue weighted by Gasteiger charge is -2.25. The van der Waals surface area contributed by atoms with E-state index in [0.29, 0.717) is 11.8 Å². The molecule has 1 rings (SSSR count). The van der Waals surface area contributed by atoms with Gasteiger partial charge in [-0.15, -0.1) is 0 Å². The average Bonchev–Trinajstić information content (AvgIpc) is 2.03. The van der Waals surface area contributed by atoms with Crippen LogP contribution in [0.1, 0.15) is 39.5 Å². The van der Waals surface area contributed by atoms with Gasteiger partial charge in [-0.1, -0.05) is 20.3 Å². The Morgan fingerprint density at radius 1 is 1.38 bits per heavy atom. The Morgan fingerprint density at radius 3 is 2.77 bits per heavy atom. The zero-order valence-corrected chi connectivity index (χ0v) is 8.83. The zero-order chi connectivity index (χ0) is 9.68. The van der Waals surface area contributed by atoms with Crippen molar-refractivity contribution in [3.63, 3.8) is 0 Å². The number of aliphatic hydroxyl groups is 1. The van der Waals surface area contributed by atoms with Crippen molar-refractivity contribution < 1.29 is 9.84 Å². The van der Waals surface area contributed by atoms with Crippen molar-refractivity contribution in [2.45, 2.75) is 45.6 Å². The Kier molecular flexibility index (Phi) is 4.74. The van der Waals surface area contributed by atoms with Crippen molar-refractivity contribution in [1.82, 2.24) is 0 Å². The van der Waals surface area contributed by atoms with Crippen molar-refractivity contribution in [2.24, 2.45) is 11.8 Å². The van der Waals surface area contributed by atoms with Gasteiger partial charge in [0.25, 0.3) is 0 Å². The predicted octanol–water partition coefficient (Wildman–Crippen LogP) is 2.21. The highest BCUT2D eigenvalue weighted by atomic mass is 16.5. The molecule has 1 fully saturated rings. The van der Waals surface area contributed by atoms with Crippen molar-refractivity contribution in [3.05, 3.63) is 0 Å². The van der Waals surface area contributed by atoms with E-state index in [0.717, 1.165) is 32.5 Å². The van der Waals surface area contributed by atoms with Crippen LogP contribution in [0.2, 0.25) is 0 Å². The Bertz CT molecular complexity index is 134. The Balaban J connectivity index is 2.06.